The third-order valence-corrected chi connectivity index (χ3v) is 7.79. The summed E-state index contributed by atoms with van der Waals surface area (Å²) in [5.74, 6) is -3.26. The van der Waals surface area contributed by atoms with Gasteiger partial charge in [-0.25, -0.2) is 0 Å². The highest BCUT2D eigenvalue weighted by Gasteiger charge is 2.47. The van der Waals surface area contributed by atoms with Crippen molar-refractivity contribution in [3.05, 3.63) is 40.1 Å². The van der Waals surface area contributed by atoms with Gasteiger partial charge in [-0.3, -0.25) is 4.79 Å². The van der Waals surface area contributed by atoms with Gasteiger partial charge in [0.2, 0.25) is 17.5 Å². The van der Waals surface area contributed by atoms with Crippen LogP contribution in [0.1, 0.15) is 18.6 Å². The zero-order chi connectivity index (χ0) is 32.2. The first-order valence-corrected chi connectivity index (χ1v) is 13.4. The number of aromatic hydroxyl groups is 3. The van der Waals surface area contributed by atoms with E-state index in [1.54, 1.807) is 0 Å². The number of aliphatic hydroxyl groups is 7. The van der Waals surface area contributed by atoms with Crippen molar-refractivity contribution in [2.75, 3.05) is 13.7 Å². The van der Waals surface area contributed by atoms with Crippen LogP contribution in [0.25, 0.3) is 22.3 Å². The van der Waals surface area contributed by atoms with E-state index >= 15 is 0 Å². The van der Waals surface area contributed by atoms with E-state index < -0.39 is 107 Å². The van der Waals surface area contributed by atoms with Crippen LogP contribution < -0.4 is 14.9 Å². The smallest absolute Gasteiger partial charge is 0.239 e. The monoisotopic (exact) mass is 624 g/mol. The van der Waals surface area contributed by atoms with Crippen LogP contribution in [0.5, 0.6) is 28.7 Å². The molecule has 0 bridgehead atoms. The van der Waals surface area contributed by atoms with Crippen LogP contribution in [0.4, 0.5) is 0 Å². The molecule has 0 radical (unpaired) electrons. The van der Waals surface area contributed by atoms with Gasteiger partial charge in [0.05, 0.1) is 25.4 Å². The normalized spacial score (nSPS) is 32.5. The van der Waals surface area contributed by atoms with Crippen molar-refractivity contribution in [1.82, 2.24) is 0 Å². The zero-order valence-electron chi connectivity index (χ0n) is 23.2. The number of fused-ring (bicyclic) bond motifs is 1. The molecular weight excluding hydrogens is 592 g/mol. The molecule has 0 saturated carbocycles. The molecule has 10 atom stereocenters. The molecule has 16 nitrogen and oxygen atoms in total. The van der Waals surface area contributed by atoms with E-state index in [0.717, 1.165) is 12.1 Å². The molecule has 2 aliphatic rings. The van der Waals surface area contributed by atoms with Gasteiger partial charge >= 0.3 is 0 Å². The molecule has 5 rings (SSSR count). The molecule has 3 heterocycles. The predicted molar refractivity (Wildman–Crippen MR) is 145 cm³/mol. The van der Waals surface area contributed by atoms with Crippen molar-refractivity contribution in [1.29, 1.82) is 0 Å². The van der Waals surface area contributed by atoms with E-state index in [1.807, 2.05) is 0 Å². The van der Waals surface area contributed by atoms with Gasteiger partial charge in [0, 0.05) is 11.6 Å². The minimum Gasteiger partial charge on any atom is -0.506 e. The zero-order valence-corrected chi connectivity index (χ0v) is 23.2. The first-order valence-electron chi connectivity index (χ1n) is 13.4. The average Bonchev–Trinajstić information content (AvgIpc) is 3.00. The number of phenols is 3. The third-order valence-electron chi connectivity index (χ3n) is 7.79. The minimum atomic E-state index is -1.95. The second kappa shape index (κ2) is 12.0. The van der Waals surface area contributed by atoms with Gasteiger partial charge in [-0.2, -0.15) is 0 Å². The Balaban J connectivity index is 1.74. The van der Waals surface area contributed by atoms with Gasteiger partial charge in [0.15, 0.2) is 17.3 Å². The highest BCUT2D eigenvalue weighted by Crippen LogP contribution is 2.46. The van der Waals surface area contributed by atoms with Gasteiger partial charge < -0.3 is 74.4 Å². The van der Waals surface area contributed by atoms with Crippen LogP contribution in [0.3, 0.4) is 0 Å². The second-order valence-electron chi connectivity index (χ2n) is 10.6. The van der Waals surface area contributed by atoms with E-state index in [4.69, 9.17) is 23.4 Å². The summed E-state index contributed by atoms with van der Waals surface area (Å²) >= 11 is 0. The summed E-state index contributed by atoms with van der Waals surface area (Å²) in [4.78, 5) is 14.1. The number of hydrogen-bond donors (Lipinski definition) is 10. The van der Waals surface area contributed by atoms with Crippen molar-refractivity contribution in [2.24, 2.45) is 0 Å². The molecule has 0 unspecified atom stereocenters. The number of phenolic OH excluding ortho intramolecular Hbond substituents is 3. The number of ether oxygens (including phenoxy) is 4. The number of benzene rings is 2. The maximum absolute atomic E-state index is 14.1. The molecule has 3 aromatic rings. The summed E-state index contributed by atoms with van der Waals surface area (Å²) in [6.45, 7) is 0.611. The Labute approximate surface area is 247 Å². The fraction of sp³-hybridized carbons (Fsp3) is 0.464. The molecule has 44 heavy (non-hydrogen) atoms. The Kier molecular flexibility index (Phi) is 8.65. The summed E-state index contributed by atoms with van der Waals surface area (Å²) in [5, 5.41) is 103. The summed E-state index contributed by atoms with van der Waals surface area (Å²) in [7, 11) is 1.21. The van der Waals surface area contributed by atoms with Crippen molar-refractivity contribution < 1.29 is 74.4 Å². The van der Waals surface area contributed by atoms with Gasteiger partial charge in [-0.05, 0) is 25.1 Å². The van der Waals surface area contributed by atoms with Crippen molar-refractivity contribution in [3.8, 4) is 40.1 Å². The minimum absolute atomic E-state index is 0.0432. The lowest BCUT2D eigenvalue weighted by molar-refractivity contribution is -0.277. The number of aliphatic hydroxyl groups excluding tert-OH is 7. The maximum Gasteiger partial charge on any atom is 0.239 e. The molecule has 0 spiro atoms. The molecular formula is C28H32O16. The van der Waals surface area contributed by atoms with E-state index in [0.29, 0.717) is 0 Å². The molecule has 2 aromatic carbocycles. The van der Waals surface area contributed by atoms with Crippen LogP contribution in [0.15, 0.2) is 33.5 Å². The van der Waals surface area contributed by atoms with Gasteiger partial charge in [-0.15, -0.1) is 0 Å². The lowest BCUT2D eigenvalue weighted by atomic mass is 9.90. The molecule has 240 valence electrons. The largest absolute Gasteiger partial charge is 0.506 e. The number of methoxy groups -OCH3 is 1. The van der Waals surface area contributed by atoms with Crippen LogP contribution in [-0.2, 0) is 9.47 Å². The summed E-state index contributed by atoms with van der Waals surface area (Å²) < 4.78 is 28.0. The Morgan fingerprint density at radius 1 is 0.841 bits per heavy atom. The number of rotatable bonds is 6. The van der Waals surface area contributed by atoms with Crippen LogP contribution in [0.2, 0.25) is 0 Å². The summed E-state index contributed by atoms with van der Waals surface area (Å²) in [6, 6.07) is 4.51. The molecule has 16 heteroatoms. The maximum atomic E-state index is 14.1. The number of hydrogen-bond acceptors (Lipinski definition) is 16. The van der Waals surface area contributed by atoms with E-state index in [2.05, 4.69) is 0 Å². The Morgan fingerprint density at radius 3 is 2.16 bits per heavy atom. The Hall–Kier alpha value is -3.71. The SMILES string of the molecule is COc1cc2oc(-c3ccc(O)c(O)c3)c(O[C@@H]3O[C@H](CO)[C@@H](O)[C@H](O)[C@H]3O)c(=O)c2c(O)c1[C@@H]1O[C@@H](C)[C@H](O)[C@@H](O)[C@H]1O. The van der Waals surface area contributed by atoms with Gasteiger partial charge in [0.25, 0.3) is 0 Å². The topological polar surface area (TPSA) is 269 Å². The average molecular weight is 625 g/mol. The quantitative estimate of drug-likeness (QED) is 0.137. The van der Waals surface area contributed by atoms with Gasteiger partial charge in [-0.1, -0.05) is 0 Å². The standard InChI is InChI=1S/C28H32O16/c1-8-17(32)21(36)23(38)26(41-8)16-12(40-2)6-13-15(19(16)34)20(35)27(25(42-13)9-3-4-10(30)11(31)5-9)44-28-24(39)22(37)18(33)14(7-29)43-28/h3-6,8,14,17-18,21-24,26,28-34,36-39H,7H2,1-2H3/t8-,14+,17-,18+,21+,22-,23+,24+,26-,28-/m0/s1. The fourth-order valence-electron chi connectivity index (χ4n) is 5.29. The molecule has 10 N–H and O–H groups in total. The first-order chi connectivity index (χ1) is 20.8. The van der Waals surface area contributed by atoms with Crippen molar-refractivity contribution in [2.45, 2.75) is 68.1 Å². The van der Waals surface area contributed by atoms with E-state index in [-0.39, 0.29) is 22.5 Å². The summed E-state index contributed by atoms with van der Waals surface area (Å²) in [5.41, 5.74) is -1.74. The predicted octanol–water partition coefficient (Wildman–Crippen LogP) is -1.69. The lowest BCUT2D eigenvalue weighted by Crippen LogP contribution is -2.60. The fourth-order valence-corrected chi connectivity index (χ4v) is 5.29. The van der Waals surface area contributed by atoms with Crippen LogP contribution in [-0.4, -0.2) is 120 Å². The molecule has 1 aromatic heterocycles. The first kappa shape index (κ1) is 31.7. The second-order valence-corrected chi connectivity index (χ2v) is 10.6. The summed E-state index contributed by atoms with van der Waals surface area (Å²) in [6.07, 6.45) is -16.3. The van der Waals surface area contributed by atoms with E-state index in [1.165, 1.54) is 26.2 Å². The van der Waals surface area contributed by atoms with Crippen LogP contribution >= 0.6 is 0 Å². The molecule has 2 saturated heterocycles. The third kappa shape index (κ3) is 5.19. The van der Waals surface area contributed by atoms with Crippen LogP contribution in [0, 0.1) is 0 Å². The Bertz CT molecular complexity index is 1590. The molecule has 2 aliphatic heterocycles. The molecule has 2 fully saturated rings. The van der Waals surface area contributed by atoms with Crippen molar-refractivity contribution >= 4 is 11.0 Å². The molecule has 0 aliphatic carbocycles. The van der Waals surface area contributed by atoms with Gasteiger partial charge in [0.1, 0.15) is 71.3 Å². The lowest BCUT2D eigenvalue weighted by Gasteiger charge is -2.40. The molecule has 0 amide bonds. The Morgan fingerprint density at radius 2 is 1.52 bits per heavy atom. The van der Waals surface area contributed by atoms with Crippen molar-refractivity contribution in [3.63, 3.8) is 0 Å². The van der Waals surface area contributed by atoms with E-state index in [9.17, 15) is 55.9 Å². The highest BCUT2D eigenvalue weighted by molar-refractivity contribution is 5.90. The highest BCUT2D eigenvalue weighted by atomic mass is 16.7.